The smallest absolute Gasteiger partial charge is 0.221 e. The number of thiophene rings is 1. The predicted molar refractivity (Wildman–Crippen MR) is 119 cm³/mol. The van der Waals surface area contributed by atoms with Crippen molar-refractivity contribution in [2.75, 3.05) is 39.4 Å². The number of H-pyrrole nitrogens is 1. The molecular weight excluding hydrogens is 382 g/mol. The Morgan fingerprint density at radius 1 is 1.28 bits per heavy atom. The Morgan fingerprint density at radius 3 is 2.90 bits per heavy atom. The lowest BCUT2D eigenvalue weighted by atomic mass is 9.92. The number of nitrogens with one attached hydrogen (secondary N) is 2. The molecule has 1 saturated heterocycles. The van der Waals surface area contributed by atoms with Gasteiger partial charge in [-0.2, -0.15) is 0 Å². The largest absolute Gasteiger partial charge is 0.379 e. The number of carbonyl (C=O) groups excluding carboxylic acids is 1. The van der Waals surface area contributed by atoms with Gasteiger partial charge in [-0.15, -0.1) is 11.3 Å². The number of aromatic nitrogens is 1. The van der Waals surface area contributed by atoms with Crippen molar-refractivity contribution in [1.82, 2.24) is 15.2 Å². The highest BCUT2D eigenvalue weighted by atomic mass is 32.1. The van der Waals surface area contributed by atoms with E-state index in [1.807, 2.05) is 0 Å². The van der Waals surface area contributed by atoms with Crippen molar-refractivity contribution < 1.29 is 9.53 Å². The van der Waals surface area contributed by atoms with Gasteiger partial charge < -0.3 is 15.0 Å². The second-order valence-corrected chi connectivity index (χ2v) is 8.49. The third-order valence-corrected chi connectivity index (χ3v) is 6.71. The molecule has 1 fully saturated rings. The van der Waals surface area contributed by atoms with Crippen molar-refractivity contribution >= 4 is 28.1 Å². The number of carbonyl (C=O) groups is 1. The molecule has 29 heavy (non-hydrogen) atoms. The van der Waals surface area contributed by atoms with Crippen LogP contribution in [-0.4, -0.2) is 55.2 Å². The minimum absolute atomic E-state index is 0.0687. The van der Waals surface area contributed by atoms with Crippen molar-refractivity contribution in [3.63, 3.8) is 0 Å². The summed E-state index contributed by atoms with van der Waals surface area (Å²) < 4.78 is 5.38. The van der Waals surface area contributed by atoms with Gasteiger partial charge in [0.1, 0.15) is 0 Å². The molecular formula is C23H29N3O2S. The van der Waals surface area contributed by atoms with Crippen LogP contribution in [0.3, 0.4) is 0 Å². The third-order valence-electron chi connectivity index (χ3n) is 5.72. The summed E-state index contributed by atoms with van der Waals surface area (Å²) in [5.74, 6) is 0.178. The van der Waals surface area contributed by atoms with E-state index < -0.39 is 0 Å². The number of aromatic amines is 1. The average Bonchev–Trinajstić information content (AvgIpc) is 3.43. The van der Waals surface area contributed by atoms with Crippen LogP contribution in [0.1, 0.15) is 35.3 Å². The Labute approximate surface area is 176 Å². The molecule has 6 heteroatoms. The maximum absolute atomic E-state index is 12.8. The minimum Gasteiger partial charge on any atom is -0.379 e. The second kappa shape index (κ2) is 9.57. The molecule has 3 heterocycles. The van der Waals surface area contributed by atoms with E-state index in [1.54, 1.807) is 11.3 Å². The highest BCUT2D eigenvalue weighted by Crippen LogP contribution is 2.36. The lowest BCUT2D eigenvalue weighted by molar-refractivity contribution is -0.121. The Bertz CT molecular complexity index is 929. The summed E-state index contributed by atoms with van der Waals surface area (Å²) in [5.41, 5.74) is 3.72. The third kappa shape index (κ3) is 4.71. The zero-order valence-electron chi connectivity index (χ0n) is 16.9. The molecule has 0 bridgehead atoms. The van der Waals surface area contributed by atoms with Gasteiger partial charge in [0.05, 0.1) is 13.2 Å². The van der Waals surface area contributed by atoms with Gasteiger partial charge in [-0.25, -0.2) is 0 Å². The number of morpholine rings is 1. The van der Waals surface area contributed by atoms with E-state index in [0.717, 1.165) is 39.3 Å². The van der Waals surface area contributed by atoms with Gasteiger partial charge in [-0.3, -0.25) is 9.69 Å². The Balaban J connectivity index is 1.48. The number of hydrogen-bond donors (Lipinski definition) is 2. The Morgan fingerprint density at radius 2 is 2.14 bits per heavy atom. The first-order valence-electron chi connectivity index (χ1n) is 10.5. The topological polar surface area (TPSA) is 57.4 Å². The van der Waals surface area contributed by atoms with E-state index in [0.29, 0.717) is 13.0 Å². The molecule has 4 rings (SSSR count). The minimum atomic E-state index is 0.0687. The van der Waals surface area contributed by atoms with E-state index in [1.165, 1.54) is 26.9 Å². The number of nitrogens with zero attached hydrogens (tertiary/aromatic N) is 1. The maximum atomic E-state index is 12.8. The molecule has 154 valence electrons. The van der Waals surface area contributed by atoms with E-state index in [4.69, 9.17) is 4.74 Å². The number of para-hydroxylation sites is 1. The van der Waals surface area contributed by atoms with Crippen LogP contribution in [0.15, 0.2) is 41.9 Å². The average molecular weight is 412 g/mol. The maximum Gasteiger partial charge on any atom is 0.221 e. The molecule has 5 nitrogen and oxygen atoms in total. The molecule has 0 saturated carbocycles. The number of aryl methyl sites for hydroxylation is 1. The fraction of sp³-hybridized carbons (Fsp3) is 0.435. The van der Waals surface area contributed by atoms with Crippen LogP contribution < -0.4 is 5.32 Å². The van der Waals surface area contributed by atoms with Gasteiger partial charge in [0, 0.05) is 60.5 Å². The zero-order chi connectivity index (χ0) is 20.1. The SMILES string of the molecule is CCc1cccc2c(C(CC(=O)NCCN3CCOCC3)c3cccs3)c[nH]c12. The predicted octanol–water partition coefficient (Wildman–Crippen LogP) is 3.76. The van der Waals surface area contributed by atoms with Gasteiger partial charge in [0.15, 0.2) is 0 Å². The molecule has 0 radical (unpaired) electrons. The van der Waals surface area contributed by atoms with E-state index in [-0.39, 0.29) is 11.8 Å². The molecule has 1 unspecified atom stereocenters. The summed E-state index contributed by atoms with van der Waals surface area (Å²) in [6, 6.07) is 10.7. The molecule has 1 aromatic carbocycles. The number of ether oxygens (including phenoxy) is 1. The first-order chi connectivity index (χ1) is 14.3. The molecule has 2 aromatic heterocycles. The van der Waals surface area contributed by atoms with E-state index in [2.05, 4.69) is 64.0 Å². The van der Waals surface area contributed by atoms with Gasteiger partial charge in [0.25, 0.3) is 0 Å². The first kappa shape index (κ1) is 20.1. The van der Waals surface area contributed by atoms with Crippen molar-refractivity contribution in [1.29, 1.82) is 0 Å². The van der Waals surface area contributed by atoms with Crippen LogP contribution in [0.2, 0.25) is 0 Å². The molecule has 0 aliphatic carbocycles. The van der Waals surface area contributed by atoms with Crippen LogP contribution in [-0.2, 0) is 16.0 Å². The van der Waals surface area contributed by atoms with Crippen molar-refractivity contribution in [2.45, 2.75) is 25.7 Å². The summed E-state index contributed by atoms with van der Waals surface area (Å²) in [6.45, 7) is 7.21. The first-order valence-corrected chi connectivity index (χ1v) is 11.3. The van der Waals surface area contributed by atoms with Gasteiger partial charge >= 0.3 is 0 Å². The lowest BCUT2D eigenvalue weighted by Gasteiger charge is -2.26. The van der Waals surface area contributed by atoms with Gasteiger partial charge in [-0.05, 0) is 29.0 Å². The Hall–Kier alpha value is -2.15. The van der Waals surface area contributed by atoms with Crippen LogP contribution in [0.4, 0.5) is 0 Å². The van der Waals surface area contributed by atoms with Crippen molar-refractivity contribution in [2.24, 2.45) is 0 Å². The highest BCUT2D eigenvalue weighted by molar-refractivity contribution is 7.10. The van der Waals surface area contributed by atoms with E-state index >= 15 is 0 Å². The van der Waals surface area contributed by atoms with Crippen LogP contribution >= 0.6 is 11.3 Å². The van der Waals surface area contributed by atoms with Crippen molar-refractivity contribution in [3.8, 4) is 0 Å². The highest BCUT2D eigenvalue weighted by Gasteiger charge is 2.23. The quantitative estimate of drug-likeness (QED) is 0.593. The molecule has 1 aliphatic rings. The van der Waals surface area contributed by atoms with Crippen molar-refractivity contribution in [3.05, 3.63) is 57.9 Å². The fourth-order valence-electron chi connectivity index (χ4n) is 4.11. The number of rotatable bonds is 8. The summed E-state index contributed by atoms with van der Waals surface area (Å²) in [7, 11) is 0. The molecule has 3 aromatic rings. The number of amides is 1. The monoisotopic (exact) mass is 411 g/mol. The molecule has 1 amide bonds. The normalized spacial score (nSPS) is 16.2. The standard InChI is InChI=1S/C23H29N3O2S/c1-2-17-5-3-6-18-20(16-25-23(17)18)19(21-7-4-14-29-21)15-22(27)24-8-9-26-10-12-28-13-11-26/h3-7,14,16,19,25H,2,8-13,15H2,1H3,(H,24,27). The molecule has 1 aliphatic heterocycles. The number of fused-ring (bicyclic) bond motifs is 1. The molecule has 2 N–H and O–H groups in total. The van der Waals surface area contributed by atoms with Gasteiger partial charge in [-0.1, -0.05) is 31.2 Å². The zero-order valence-corrected chi connectivity index (χ0v) is 17.8. The summed E-state index contributed by atoms with van der Waals surface area (Å²) in [4.78, 5) is 19.8. The summed E-state index contributed by atoms with van der Waals surface area (Å²) >= 11 is 1.72. The lowest BCUT2D eigenvalue weighted by Crippen LogP contribution is -2.41. The van der Waals surface area contributed by atoms with E-state index in [9.17, 15) is 4.79 Å². The summed E-state index contributed by atoms with van der Waals surface area (Å²) in [6.07, 6.45) is 3.55. The Kier molecular flexibility index (Phi) is 6.64. The van der Waals surface area contributed by atoms with Crippen LogP contribution in [0.25, 0.3) is 10.9 Å². The fourth-order valence-corrected chi connectivity index (χ4v) is 4.96. The molecule has 0 spiro atoms. The van der Waals surface area contributed by atoms with Gasteiger partial charge in [0.2, 0.25) is 5.91 Å². The number of hydrogen-bond acceptors (Lipinski definition) is 4. The van der Waals surface area contributed by atoms with Crippen LogP contribution in [0.5, 0.6) is 0 Å². The summed E-state index contributed by atoms with van der Waals surface area (Å²) in [5, 5.41) is 6.44. The second-order valence-electron chi connectivity index (χ2n) is 7.51. The molecule has 1 atom stereocenters. The number of benzene rings is 1. The van der Waals surface area contributed by atoms with Crippen LogP contribution in [0, 0.1) is 0 Å².